The molecule has 1 aliphatic carbocycles. The van der Waals surface area contributed by atoms with Gasteiger partial charge in [-0.05, 0) is 30.0 Å². The van der Waals surface area contributed by atoms with E-state index in [4.69, 9.17) is 0 Å². The molecule has 0 spiro atoms. The van der Waals surface area contributed by atoms with Crippen molar-refractivity contribution in [2.24, 2.45) is 0 Å². The first-order chi connectivity index (χ1) is 7.70. The number of esters is 1. The molecule has 1 aromatic carbocycles. The molecule has 0 saturated heterocycles. The van der Waals surface area contributed by atoms with Crippen LogP contribution in [0.3, 0.4) is 0 Å². The van der Waals surface area contributed by atoms with Crippen LogP contribution in [0.2, 0.25) is 0 Å². The number of benzene rings is 1. The largest absolute Gasteiger partial charge is 0.465 e. The second kappa shape index (κ2) is 4.47. The fraction of sp³-hybridized carbons (Fsp3) is 0.385. The number of methoxy groups -OCH3 is 1. The summed E-state index contributed by atoms with van der Waals surface area (Å²) in [5.74, 6) is 0.343. The molecule has 1 unspecified atom stereocenters. The van der Waals surface area contributed by atoms with E-state index in [1.807, 2.05) is 12.1 Å². The standard InChI is InChI=1S/C13H14O3/c1-16-13(15)10-4-2-9(3-5-10)11-6-7-12(14)8-11/h2-5,11H,6-8H2,1H3. The molecule has 84 valence electrons. The second-order valence-electron chi connectivity index (χ2n) is 4.09. The van der Waals surface area contributed by atoms with Gasteiger partial charge >= 0.3 is 5.97 Å². The number of carbonyl (C=O) groups is 2. The van der Waals surface area contributed by atoms with Crippen molar-refractivity contribution >= 4 is 11.8 Å². The summed E-state index contributed by atoms with van der Waals surface area (Å²) in [6, 6.07) is 7.33. The number of ketones is 1. The van der Waals surface area contributed by atoms with Crippen molar-refractivity contribution in [1.29, 1.82) is 0 Å². The van der Waals surface area contributed by atoms with Crippen LogP contribution in [0.15, 0.2) is 24.3 Å². The van der Waals surface area contributed by atoms with Crippen molar-refractivity contribution in [3.05, 3.63) is 35.4 Å². The van der Waals surface area contributed by atoms with E-state index in [9.17, 15) is 9.59 Å². The molecular formula is C13H14O3. The third kappa shape index (κ3) is 2.13. The lowest BCUT2D eigenvalue weighted by Crippen LogP contribution is -2.01. The molecule has 0 bridgehead atoms. The fourth-order valence-electron chi connectivity index (χ4n) is 2.11. The van der Waals surface area contributed by atoms with E-state index in [0.29, 0.717) is 30.1 Å². The van der Waals surface area contributed by atoms with E-state index >= 15 is 0 Å². The normalized spacial score (nSPS) is 19.8. The summed E-state index contributed by atoms with van der Waals surface area (Å²) in [4.78, 5) is 22.4. The average molecular weight is 218 g/mol. The maximum Gasteiger partial charge on any atom is 0.337 e. The van der Waals surface area contributed by atoms with Crippen molar-refractivity contribution < 1.29 is 14.3 Å². The Bertz CT molecular complexity index is 406. The third-order valence-electron chi connectivity index (χ3n) is 3.05. The lowest BCUT2D eigenvalue weighted by Gasteiger charge is -2.08. The Kier molecular flexibility index (Phi) is 3.04. The van der Waals surface area contributed by atoms with Crippen LogP contribution in [0.5, 0.6) is 0 Å². The van der Waals surface area contributed by atoms with E-state index in [2.05, 4.69) is 4.74 Å². The molecule has 3 nitrogen and oxygen atoms in total. The van der Waals surface area contributed by atoms with E-state index in [-0.39, 0.29) is 5.97 Å². The number of hydrogen-bond donors (Lipinski definition) is 0. The number of ether oxygens (including phenoxy) is 1. The highest BCUT2D eigenvalue weighted by molar-refractivity contribution is 5.89. The van der Waals surface area contributed by atoms with Crippen molar-refractivity contribution in [3.8, 4) is 0 Å². The van der Waals surface area contributed by atoms with Crippen LogP contribution in [0.25, 0.3) is 0 Å². The van der Waals surface area contributed by atoms with Crippen LogP contribution in [0.1, 0.15) is 41.1 Å². The topological polar surface area (TPSA) is 43.4 Å². The van der Waals surface area contributed by atoms with Gasteiger partial charge in [0, 0.05) is 12.8 Å². The first-order valence-electron chi connectivity index (χ1n) is 5.40. The molecule has 1 aromatic rings. The highest BCUT2D eigenvalue weighted by Gasteiger charge is 2.23. The Morgan fingerprint density at radius 2 is 2.00 bits per heavy atom. The van der Waals surface area contributed by atoms with Crippen LogP contribution in [0.4, 0.5) is 0 Å². The third-order valence-corrected chi connectivity index (χ3v) is 3.05. The summed E-state index contributed by atoms with van der Waals surface area (Å²) in [6.07, 6.45) is 2.25. The van der Waals surface area contributed by atoms with Crippen molar-refractivity contribution in [2.75, 3.05) is 7.11 Å². The van der Waals surface area contributed by atoms with E-state index < -0.39 is 0 Å². The number of carbonyl (C=O) groups excluding carboxylic acids is 2. The number of hydrogen-bond acceptors (Lipinski definition) is 3. The average Bonchev–Trinajstić information content (AvgIpc) is 2.75. The lowest BCUT2D eigenvalue weighted by atomic mass is 9.97. The van der Waals surface area contributed by atoms with Crippen LogP contribution < -0.4 is 0 Å². The first kappa shape index (κ1) is 10.9. The van der Waals surface area contributed by atoms with Crippen molar-refractivity contribution in [1.82, 2.24) is 0 Å². The van der Waals surface area contributed by atoms with Gasteiger partial charge in [-0.2, -0.15) is 0 Å². The summed E-state index contributed by atoms with van der Waals surface area (Å²) < 4.78 is 4.63. The summed E-state index contributed by atoms with van der Waals surface area (Å²) in [5, 5.41) is 0. The van der Waals surface area contributed by atoms with Gasteiger partial charge in [0.2, 0.25) is 0 Å². The quantitative estimate of drug-likeness (QED) is 0.715. The summed E-state index contributed by atoms with van der Waals surface area (Å²) in [7, 11) is 1.37. The van der Waals surface area contributed by atoms with Gasteiger partial charge in [0.25, 0.3) is 0 Å². The molecule has 3 heteroatoms. The SMILES string of the molecule is COC(=O)c1ccc(C2CCC(=O)C2)cc1. The zero-order chi connectivity index (χ0) is 11.5. The predicted molar refractivity (Wildman–Crippen MR) is 59.4 cm³/mol. The Hall–Kier alpha value is -1.64. The molecule has 0 amide bonds. The number of rotatable bonds is 2. The van der Waals surface area contributed by atoms with Gasteiger partial charge < -0.3 is 4.74 Å². The molecule has 0 heterocycles. The van der Waals surface area contributed by atoms with Gasteiger partial charge in [-0.25, -0.2) is 4.79 Å². The first-order valence-corrected chi connectivity index (χ1v) is 5.40. The smallest absolute Gasteiger partial charge is 0.337 e. The van der Waals surface area contributed by atoms with Gasteiger partial charge in [-0.3, -0.25) is 4.79 Å². The van der Waals surface area contributed by atoms with Crippen LogP contribution in [-0.2, 0) is 9.53 Å². The van der Waals surface area contributed by atoms with Crippen LogP contribution in [-0.4, -0.2) is 18.9 Å². The summed E-state index contributed by atoms with van der Waals surface area (Å²) in [6.45, 7) is 0. The van der Waals surface area contributed by atoms with Crippen LogP contribution >= 0.6 is 0 Å². The van der Waals surface area contributed by atoms with Gasteiger partial charge in [0.05, 0.1) is 12.7 Å². The molecule has 16 heavy (non-hydrogen) atoms. The van der Waals surface area contributed by atoms with Crippen LogP contribution in [0, 0.1) is 0 Å². The zero-order valence-electron chi connectivity index (χ0n) is 9.23. The Labute approximate surface area is 94.4 Å². The highest BCUT2D eigenvalue weighted by atomic mass is 16.5. The molecule has 0 N–H and O–H groups in total. The Morgan fingerprint density at radius 3 is 2.50 bits per heavy atom. The van der Waals surface area contributed by atoms with Crippen molar-refractivity contribution in [2.45, 2.75) is 25.2 Å². The molecule has 2 rings (SSSR count). The minimum atomic E-state index is -0.325. The maximum atomic E-state index is 11.2. The fourth-order valence-corrected chi connectivity index (χ4v) is 2.11. The van der Waals surface area contributed by atoms with E-state index in [0.717, 1.165) is 12.0 Å². The summed E-state index contributed by atoms with van der Waals surface area (Å²) >= 11 is 0. The van der Waals surface area contributed by atoms with E-state index in [1.54, 1.807) is 12.1 Å². The Balaban J connectivity index is 2.13. The minimum Gasteiger partial charge on any atom is -0.465 e. The van der Waals surface area contributed by atoms with E-state index in [1.165, 1.54) is 7.11 Å². The van der Waals surface area contributed by atoms with Gasteiger partial charge in [-0.15, -0.1) is 0 Å². The molecule has 1 saturated carbocycles. The molecular weight excluding hydrogens is 204 g/mol. The summed E-state index contributed by atoms with van der Waals surface area (Å²) in [5.41, 5.74) is 1.69. The molecule has 0 radical (unpaired) electrons. The lowest BCUT2D eigenvalue weighted by molar-refractivity contribution is -0.117. The maximum absolute atomic E-state index is 11.2. The van der Waals surface area contributed by atoms with Gasteiger partial charge in [-0.1, -0.05) is 12.1 Å². The molecule has 1 fully saturated rings. The predicted octanol–water partition coefficient (Wildman–Crippen LogP) is 2.31. The minimum absolute atomic E-state index is 0.325. The Morgan fingerprint density at radius 1 is 1.31 bits per heavy atom. The van der Waals surface area contributed by atoms with Gasteiger partial charge in [0.15, 0.2) is 0 Å². The number of Topliss-reactive ketones (excluding diaryl/α,β-unsaturated/α-hetero) is 1. The van der Waals surface area contributed by atoms with Crippen molar-refractivity contribution in [3.63, 3.8) is 0 Å². The monoisotopic (exact) mass is 218 g/mol. The molecule has 0 aromatic heterocycles. The zero-order valence-corrected chi connectivity index (χ0v) is 9.23. The molecule has 0 aliphatic heterocycles. The molecule has 1 aliphatic rings. The second-order valence-corrected chi connectivity index (χ2v) is 4.09. The molecule has 1 atom stereocenters. The van der Waals surface area contributed by atoms with Gasteiger partial charge in [0.1, 0.15) is 5.78 Å². The highest BCUT2D eigenvalue weighted by Crippen LogP contribution is 2.31.